The molecule has 0 fully saturated rings. The number of hydrogen-bond acceptors (Lipinski definition) is 1. The summed E-state index contributed by atoms with van der Waals surface area (Å²) in [6, 6.07) is 67.6. The Labute approximate surface area is 328 Å². The molecular weight excluding hydrogens is 677 g/mol. The van der Waals surface area contributed by atoms with Crippen LogP contribution in [-0.2, 0) is 10.8 Å². The summed E-state index contributed by atoms with van der Waals surface area (Å²) < 4.78 is 2.39. The van der Waals surface area contributed by atoms with Crippen LogP contribution in [0, 0.1) is 0 Å². The predicted molar refractivity (Wildman–Crippen MR) is 236 cm³/mol. The first-order valence-corrected chi connectivity index (χ1v) is 19.8. The fourth-order valence-corrected chi connectivity index (χ4v) is 10.1. The van der Waals surface area contributed by atoms with E-state index in [4.69, 9.17) is 0 Å². The molecule has 268 valence electrons. The van der Waals surface area contributed by atoms with Gasteiger partial charge in [0.25, 0.3) is 0 Å². The fraction of sp³-hybridized carbons (Fsp3) is 0.111. The van der Waals surface area contributed by atoms with E-state index in [1.54, 1.807) is 0 Å². The van der Waals surface area contributed by atoms with E-state index in [1.165, 1.54) is 88.8 Å². The summed E-state index contributed by atoms with van der Waals surface area (Å²) >= 11 is 0. The predicted octanol–water partition coefficient (Wildman–Crippen LogP) is 14.5. The van der Waals surface area contributed by atoms with Crippen molar-refractivity contribution in [3.63, 3.8) is 0 Å². The van der Waals surface area contributed by atoms with Crippen molar-refractivity contribution in [2.24, 2.45) is 0 Å². The Hall–Kier alpha value is -6.64. The van der Waals surface area contributed by atoms with Crippen LogP contribution in [0.2, 0.25) is 0 Å². The van der Waals surface area contributed by atoms with Crippen molar-refractivity contribution in [3.8, 4) is 39.1 Å². The average molecular weight is 719 g/mol. The molecule has 2 aliphatic carbocycles. The van der Waals surface area contributed by atoms with Gasteiger partial charge in [0.1, 0.15) is 0 Å². The molecule has 0 atom stereocenters. The Morgan fingerprint density at radius 3 is 1.80 bits per heavy atom. The summed E-state index contributed by atoms with van der Waals surface area (Å²) in [6.45, 7) is 9.49. The van der Waals surface area contributed by atoms with E-state index in [0.29, 0.717) is 0 Å². The van der Waals surface area contributed by atoms with Gasteiger partial charge in [0.05, 0.1) is 22.4 Å². The molecule has 0 unspecified atom stereocenters. The van der Waals surface area contributed by atoms with Crippen molar-refractivity contribution in [2.75, 3.05) is 4.90 Å². The first-order chi connectivity index (χ1) is 27.3. The smallest absolute Gasteiger partial charge is 0.0543 e. The Balaban J connectivity index is 1.17. The van der Waals surface area contributed by atoms with Gasteiger partial charge in [-0.2, -0.15) is 0 Å². The van der Waals surface area contributed by atoms with Crippen molar-refractivity contribution in [1.82, 2.24) is 4.57 Å². The summed E-state index contributed by atoms with van der Waals surface area (Å²) in [5.41, 5.74) is 20.0. The molecule has 2 nitrogen and oxygen atoms in total. The molecule has 0 spiro atoms. The topological polar surface area (TPSA) is 8.17 Å². The summed E-state index contributed by atoms with van der Waals surface area (Å²) in [5, 5.41) is 2.50. The van der Waals surface area contributed by atoms with Gasteiger partial charge in [0.2, 0.25) is 0 Å². The molecule has 0 N–H and O–H groups in total. The van der Waals surface area contributed by atoms with Crippen LogP contribution in [0.15, 0.2) is 182 Å². The van der Waals surface area contributed by atoms with Crippen LogP contribution >= 0.6 is 0 Å². The molecule has 0 saturated carbocycles. The molecule has 0 saturated heterocycles. The Morgan fingerprint density at radius 1 is 0.393 bits per heavy atom. The van der Waals surface area contributed by atoms with Crippen molar-refractivity contribution in [3.05, 3.63) is 204 Å². The number of rotatable bonds is 5. The second-order valence-corrected chi connectivity index (χ2v) is 16.5. The first-order valence-electron chi connectivity index (χ1n) is 19.8. The molecular formula is C54H42N2. The standard InChI is InChI=1S/C54H42N2/c1-53(2)45-24-13-9-22-42(45)52-46(53)25-16-28-51(52)56(37-30-31-40-39-20-8-12-23-44(39)54(3,4)47(40)34-37)48-26-14-10-19-38(48)35-29-32-50-43(33-35)41-21-11-15-27-49(41)55(50)36-17-6-5-7-18-36/h5-34H,1-4H3. The van der Waals surface area contributed by atoms with E-state index in [-0.39, 0.29) is 10.8 Å². The molecule has 11 rings (SSSR count). The van der Waals surface area contributed by atoms with Crippen LogP contribution in [0.25, 0.3) is 60.9 Å². The molecule has 0 aliphatic heterocycles. The Kier molecular flexibility index (Phi) is 6.98. The highest BCUT2D eigenvalue weighted by atomic mass is 15.1. The summed E-state index contributed by atoms with van der Waals surface area (Å²) in [5.74, 6) is 0. The van der Waals surface area contributed by atoms with Crippen molar-refractivity contribution >= 4 is 38.9 Å². The van der Waals surface area contributed by atoms with E-state index >= 15 is 0 Å². The van der Waals surface area contributed by atoms with Gasteiger partial charge in [0, 0.05) is 44.1 Å². The minimum Gasteiger partial charge on any atom is -0.309 e. The van der Waals surface area contributed by atoms with Crippen LogP contribution in [-0.4, -0.2) is 4.57 Å². The minimum absolute atomic E-state index is 0.118. The van der Waals surface area contributed by atoms with Crippen molar-refractivity contribution in [1.29, 1.82) is 0 Å². The molecule has 0 radical (unpaired) electrons. The summed E-state index contributed by atoms with van der Waals surface area (Å²) in [7, 11) is 0. The monoisotopic (exact) mass is 718 g/mol. The zero-order valence-electron chi connectivity index (χ0n) is 32.2. The molecule has 9 aromatic rings. The third-order valence-corrected chi connectivity index (χ3v) is 12.8. The highest BCUT2D eigenvalue weighted by Gasteiger charge is 2.39. The van der Waals surface area contributed by atoms with Gasteiger partial charge in [-0.3, -0.25) is 0 Å². The second kappa shape index (κ2) is 11.9. The number of para-hydroxylation sites is 3. The average Bonchev–Trinajstić information content (AvgIpc) is 3.78. The minimum atomic E-state index is -0.127. The molecule has 56 heavy (non-hydrogen) atoms. The zero-order valence-corrected chi connectivity index (χ0v) is 32.2. The maximum atomic E-state index is 2.54. The van der Waals surface area contributed by atoms with Crippen LogP contribution in [0.4, 0.5) is 17.1 Å². The second-order valence-electron chi connectivity index (χ2n) is 16.5. The highest BCUT2D eigenvalue weighted by molar-refractivity contribution is 6.11. The fourth-order valence-electron chi connectivity index (χ4n) is 10.1. The lowest BCUT2D eigenvalue weighted by Gasteiger charge is -2.32. The van der Waals surface area contributed by atoms with Gasteiger partial charge < -0.3 is 9.47 Å². The Morgan fingerprint density at radius 2 is 0.982 bits per heavy atom. The molecule has 0 bridgehead atoms. The molecule has 2 heteroatoms. The van der Waals surface area contributed by atoms with Crippen LogP contribution in [0.1, 0.15) is 49.9 Å². The molecule has 2 aliphatic rings. The summed E-state index contributed by atoms with van der Waals surface area (Å²) in [6.07, 6.45) is 0. The van der Waals surface area contributed by atoms with Crippen molar-refractivity contribution < 1.29 is 0 Å². The van der Waals surface area contributed by atoms with E-state index in [1.807, 2.05) is 0 Å². The number of benzene rings is 8. The van der Waals surface area contributed by atoms with E-state index < -0.39 is 0 Å². The van der Waals surface area contributed by atoms with Gasteiger partial charge in [-0.25, -0.2) is 0 Å². The number of anilines is 3. The van der Waals surface area contributed by atoms with Gasteiger partial charge in [-0.05, 0) is 99.1 Å². The lowest BCUT2D eigenvalue weighted by Crippen LogP contribution is -2.18. The third kappa shape index (κ3) is 4.56. The largest absolute Gasteiger partial charge is 0.309 e. The van der Waals surface area contributed by atoms with Gasteiger partial charge in [0.15, 0.2) is 0 Å². The molecule has 0 amide bonds. The van der Waals surface area contributed by atoms with Crippen LogP contribution in [0.3, 0.4) is 0 Å². The maximum absolute atomic E-state index is 2.54. The lowest BCUT2D eigenvalue weighted by atomic mass is 9.82. The maximum Gasteiger partial charge on any atom is 0.0543 e. The summed E-state index contributed by atoms with van der Waals surface area (Å²) in [4.78, 5) is 2.54. The third-order valence-electron chi connectivity index (χ3n) is 12.8. The van der Waals surface area contributed by atoms with E-state index in [0.717, 1.165) is 11.4 Å². The van der Waals surface area contributed by atoms with Gasteiger partial charge in [-0.1, -0.05) is 155 Å². The number of nitrogens with zero attached hydrogens (tertiary/aromatic N) is 2. The number of fused-ring (bicyclic) bond motifs is 9. The number of hydrogen-bond donors (Lipinski definition) is 0. The van der Waals surface area contributed by atoms with Gasteiger partial charge >= 0.3 is 0 Å². The first kappa shape index (κ1) is 32.8. The van der Waals surface area contributed by atoms with E-state index in [9.17, 15) is 0 Å². The molecule has 1 aromatic heterocycles. The van der Waals surface area contributed by atoms with Gasteiger partial charge in [-0.15, -0.1) is 0 Å². The SMILES string of the molecule is CC1(C)c2ccccc2-c2ccc(N(c3ccccc3-c3ccc4c(c3)c3ccccc3n4-c3ccccc3)c3cccc4c3-c3ccccc3C4(C)C)cc21. The number of aromatic nitrogens is 1. The lowest BCUT2D eigenvalue weighted by molar-refractivity contribution is 0.660. The molecule has 1 heterocycles. The Bertz CT molecular complexity index is 3030. The zero-order chi connectivity index (χ0) is 37.8. The normalized spacial score (nSPS) is 14.4. The van der Waals surface area contributed by atoms with Crippen LogP contribution < -0.4 is 4.90 Å². The molecule has 8 aromatic carbocycles. The quantitative estimate of drug-likeness (QED) is 0.172. The highest BCUT2D eigenvalue weighted by Crippen LogP contribution is 2.56. The van der Waals surface area contributed by atoms with Crippen LogP contribution in [0.5, 0.6) is 0 Å². The van der Waals surface area contributed by atoms with E-state index in [2.05, 4.69) is 219 Å². The van der Waals surface area contributed by atoms with Crippen molar-refractivity contribution in [2.45, 2.75) is 38.5 Å².